The molecule has 0 unspecified atom stereocenters. The van der Waals surface area contributed by atoms with Crippen molar-refractivity contribution in [2.24, 2.45) is 5.16 Å². The maximum absolute atomic E-state index is 13.8. The summed E-state index contributed by atoms with van der Waals surface area (Å²) >= 11 is 0. The van der Waals surface area contributed by atoms with E-state index >= 15 is 0 Å². The Bertz CT molecular complexity index is 1110. The van der Waals surface area contributed by atoms with Gasteiger partial charge < -0.3 is 14.3 Å². The molecule has 0 aliphatic rings. The van der Waals surface area contributed by atoms with Crippen LogP contribution in [0.5, 0.6) is 5.75 Å². The number of benzene rings is 1. The molecule has 186 valence electrons. The molecular formula is C24H33FN4O5. The standard InChI is InChI=1S/C24H33FN4O5/c1-15(2)34-27-16(3)20-14-19(11-9-17-13-18(25)10-12-21(17)32-8)26-29(22(20)30)28(7)23(31)33-24(4,5)6/h10,12-15H,9,11H2,1-8H3/b27-16+. The molecule has 0 spiro atoms. The second-order valence-corrected chi connectivity index (χ2v) is 9.03. The van der Waals surface area contributed by atoms with Crippen molar-refractivity contribution in [2.75, 3.05) is 19.2 Å². The van der Waals surface area contributed by atoms with Gasteiger partial charge in [-0.05, 0) is 84.2 Å². The van der Waals surface area contributed by atoms with Crippen LogP contribution >= 0.6 is 0 Å². The van der Waals surface area contributed by atoms with E-state index in [1.165, 1.54) is 26.3 Å². The molecule has 0 radical (unpaired) electrons. The van der Waals surface area contributed by atoms with Gasteiger partial charge in [-0.25, -0.2) is 9.18 Å². The molecule has 2 aromatic rings. The van der Waals surface area contributed by atoms with E-state index in [2.05, 4.69) is 10.3 Å². The number of oxime groups is 1. The molecule has 0 bridgehead atoms. The Morgan fingerprint density at radius 1 is 1.24 bits per heavy atom. The minimum absolute atomic E-state index is 0.177. The van der Waals surface area contributed by atoms with E-state index in [1.54, 1.807) is 39.8 Å². The Balaban J connectivity index is 2.49. The molecule has 10 heteroatoms. The first kappa shape index (κ1) is 26.8. The first-order chi connectivity index (χ1) is 15.8. The summed E-state index contributed by atoms with van der Waals surface area (Å²) in [6, 6.07) is 5.87. The summed E-state index contributed by atoms with van der Waals surface area (Å²) in [6.07, 6.45) is -0.193. The van der Waals surface area contributed by atoms with Crippen molar-refractivity contribution in [3.63, 3.8) is 0 Å². The van der Waals surface area contributed by atoms with Crippen molar-refractivity contribution in [1.29, 1.82) is 0 Å². The average molecular weight is 477 g/mol. The van der Waals surface area contributed by atoms with Gasteiger partial charge in [0.25, 0.3) is 5.56 Å². The van der Waals surface area contributed by atoms with Crippen LogP contribution in [-0.4, -0.2) is 47.6 Å². The number of aryl methyl sites for hydroxylation is 2. The second kappa shape index (κ2) is 11.1. The molecule has 1 aromatic carbocycles. The zero-order valence-corrected chi connectivity index (χ0v) is 21.0. The van der Waals surface area contributed by atoms with Gasteiger partial charge in [0.15, 0.2) is 0 Å². The minimum atomic E-state index is -0.758. The van der Waals surface area contributed by atoms with Gasteiger partial charge in [-0.1, -0.05) is 5.16 Å². The number of methoxy groups -OCH3 is 1. The van der Waals surface area contributed by atoms with Crippen LogP contribution in [0.2, 0.25) is 0 Å². The van der Waals surface area contributed by atoms with Crippen LogP contribution < -0.4 is 15.3 Å². The second-order valence-electron chi connectivity index (χ2n) is 9.03. The van der Waals surface area contributed by atoms with Crippen LogP contribution in [0.3, 0.4) is 0 Å². The molecule has 1 heterocycles. The SMILES string of the molecule is COc1ccc(F)cc1CCc1cc(/C(C)=N/OC(C)C)c(=O)n(N(C)C(=O)OC(C)(C)C)n1. The molecule has 2 rings (SSSR count). The number of rotatable bonds is 8. The molecule has 0 fully saturated rings. The number of hydrogen-bond acceptors (Lipinski definition) is 7. The molecule has 0 N–H and O–H groups in total. The highest BCUT2D eigenvalue weighted by atomic mass is 19.1. The highest BCUT2D eigenvalue weighted by Gasteiger charge is 2.24. The van der Waals surface area contributed by atoms with Crippen LogP contribution in [0.4, 0.5) is 9.18 Å². The fourth-order valence-electron chi connectivity index (χ4n) is 2.96. The van der Waals surface area contributed by atoms with E-state index in [0.717, 1.165) is 9.80 Å². The Hall–Kier alpha value is -3.43. The van der Waals surface area contributed by atoms with Gasteiger partial charge in [-0.3, -0.25) is 4.79 Å². The summed E-state index contributed by atoms with van der Waals surface area (Å²) in [6.45, 7) is 10.4. The van der Waals surface area contributed by atoms with E-state index in [-0.39, 0.29) is 17.5 Å². The first-order valence-electron chi connectivity index (χ1n) is 11.0. The first-order valence-corrected chi connectivity index (χ1v) is 11.0. The van der Waals surface area contributed by atoms with Crippen LogP contribution in [-0.2, 0) is 22.4 Å². The molecule has 9 nitrogen and oxygen atoms in total. The molecule has 0 saturated carbocycles. The number of carbonyl (C=O) groups is 1. The summed E-state index contributed by atoms with van der Waals surface area (Å²) in [5, 5.41) is 9.38. The normalized spacial score (nSPS) is 12.0. The Labute approximate surface area is 199 Å². The Morgan fingerprint density at radius 3 is 2.50 bits per heavy atom. The summed E-state index contributed by atoms with van der Waals surface area (Å²) in [7, 11) is 2.90. The van der Waals surface area contributed by atoms with Gasteiger partial charge in [0, 0.05) is 7.05 Å². The van der Waals surface area contributed by atoms with Gasteiger partial charge in [0.1, 0.15) is 23.3 Å². The summed E-state index contributed by atoms with van der Waals surface area (Å²) in [4.78, 5) is 32.0. The molecule has 1 amide bonds. The Morgan fingerprint density at radius 2 is 1.91 bits per heavy atom. The number of nitrogens with zero attached hydrogens (tertiary/aromatic N) is 4. The highest BCUT2D eigenvalue weighted by Crippen LogP contribution is 2.21. The maximum atomic E-state index is 13.8. The summed E-state index contributed by atoms with van der Waals surface area (Å²) in [5.41, 5.74) is 0.359. The van der Waals surface area contributed by atoms with Crippen molar-refractivity contribution < 1.29 is 23.5 Å². The van der Waals surface area contributed by atoms with Crippen molar-refractivity contribution >= 4 is 11.8 Å². The fraction of sp³-hybridized carbons (Fsp3) is 0.500. The quantitative estimate of drug-likeness (QED) is 0.425. The van der Waals surface area contributed by atoms with E-state index < -0.39 is 17.3 Å². The van der Waals surface area contributed by atoms with Gasteiger partial charge in [-0.2, -0.15) is 10.1 Å². The van der Waals surface area contributed by atoms with Gasteiger partial charge in [-0.15, -0.1) is 4.79 Å². The van der Waals surface area contributed by atoms with Crippen molar-refractivity contribution in [3.8, 4) is 5.75 Å². The molecule has 1 aromatic heterocycles. The third-order valence-electron chi connectivity index (χ3n) is 4.57. The average Bonchev–Trinajstić information content (AvgIpc) is 2.75. The van der Waals surface area contributed by atoms with Crippen LogP contribution in [0.1, 0.15) is 58.4 Å². The zero-order chi connectivity index (χ0) is 25.6. The van der Waals surface area contributed by atoms with Gasteiger partial charge in [0.05, 0.1) is 24.1 Å². The number of halogens is 1. The minimum Gasteiger partial charge on any atom is -0.496 e. The van der Waals surface area contributed by atoms with Crippen LogP contribution in [0, 0.1) is 5.82 Å². The van der Waals surface area contributed by atoms with Crippen molar-refractivity contribution in [1.82, 2.24) is 9.89 Å². The van der Waals surface area contributed by atoms with Crippen molar-refractivity contribution in [3.05, 3.63) is 57.3 Å². The smallest absolute Gasteiger partial charge is 0.430 e. The van der Waals surface area contributed by atoms with Gasteiger partial charge in [0.2, 0.25) is 0 Å². The van der Waals surface area contributed by atoms with Crippen LogP contribution in [0.15, 0.2) is 34.2 Å². The predicted molar refractivity (Wildman–Crippen MR) is 128 cm³/mol. The third kappa shape index (κ3) is 7.29. The summed E-state index contributed by atoms with van der Waals surface area (Å²) in [5.74, 6) is 0.164. The maximum Gasteiger partial charge on any atom is 0.430 e. The number of aromatic nitrogens is 2. The van der Waals surface area contributed by atoms with E-state index in [9.17, 15) is 14.0 Å². The highest BCUT2D eigenvalue weighted by molar-refractivity contribution is 5.98. The van der Waals surface area contributed by atoms with Gasteiger partial charge >= 0.3 is 6.09 Å². The zero-order valence-electron chi connectivity index (χ0n) is 21.0. The monoisotopic (exact) mass is 476 g/mol. The molecule has 34 heavy (non-hydrogen) atoms. The number of carbonyl (C=O) groups excluding carboxylic acids is 1. The van der Waals surface area contributed by atoms with Crippen LogP contribution in [0.25, 0.3) is 0 Å². The number of hydrogen-bond donors (Lipinski definition) is 0. The lowest BCUT2D eigenvalue weighted by atomic mass is 10.1. The molecule has 0 atom stereocenters. The van der Waals surface area contributed by atoms with Crippen molar-refractivity contribution in [2.45, 2.75) is 66.1 Å². The largest absolute Gasteiger partial charge is 0.496 e. The van der Waals surface area contributed by atoms with E-state index in [4.69, 9.17) is 14.3 Å². The molecule has 0 aliphatic carbocycles. The third-order valence-corrected chi connectivity index (χ3v) is 4.57. The molecular weight excluding hydrogens is 443 g/mol. The number of ether oxygens (including phenoxy) is 2. The fourth-order valence-corrected chi connectivity index (χ4v) is 2.96. The lowest BCUT2D eigenvalue weighted by Gasteiger charge is -2.25. The predicted octanol–water partition coefficient (Wildman–Crippen LogP) is 3.83. The number of amides is 1. The summed E-state index contributed by atoms with van der Waals surface area (Å²) < 4.78 is 24.5. The van der Waals surface area contributed by atoms with E-state index in [1.807, 2.05) is 13.8 Å². The topological polar surface area (TPSA) is 95.2 Å². The molecule has 0 aliphatic heterocycles. The van der Waals surface area contributed by atoms with E-state index in [0.29, 0.717) is 35.6 Å². The Kier molecular flexibility index (Phi) is 8.78. The molecule has 0 saturated heterocycles. The lowest BCUT2D eigenvalue weighted by Crippen LogP contribution is -2.48. The lowest BCUT2D eigenvalue weighted by molar-refractivity contribution is 0.0541.